The maximum Gasteiger partial charge on any atom is 0.404 e. The fourth-order valence-corrected chi connectivity index (χ4v) is 3.27. The molecular weight excluding hydrogens is 348 g/mol. The summed E-state index contributed by atoms with van der Waals surface area (Å²) in [6.45, 7) is 2.84. The first-order chi connectivity index (χ1) is 13.0. The van der Waals surface area contributed by atoms with Crippen molar-refractivity contribution in [3.05, 3.63) is 51.4 Å². The van der Waals surface area contributed by atoms with Crippen LogP contribution in [-0.2, 0) is 6.54 Å². The molecule has 1 saturated heterocycles. The van der Waals surface area contributed by atoms with Crippen LogP contribution in [0.1, 0.15) is 29.7 Å². The van der Waals surface area contributed by atoms with Gasteiger partial charge in [-0.1, -0.05) is 18.2 Å². The Morgan fingerprint density at radius 2 is 2.19 bits per heavy atom. The van der Waals surface area contributed by atoms with Gasteiger partial charge >= 0.3 is 6.09 Å². The summed E-state index contributed by atoms with van der Waals surface area (Å²) in [6, 6.07) is 8.99. The minimum atomic E-state index is -1.07. The monoisotopic (exact) mass is 368 g/mol. The third-order valence-corrected chi connectivity index (χ3v) is 4.58. The van der Waals surface area contributed by atoms with Crippen LogP contribution in [0.4, 0.5) is 10.7 Å². The molecule has 0 saturated carbocycles. The van der Waals surface area contributed by atoms with Crippen LogP contribution >= 0.6 is 0 Å². The predicted molar refractivity (Wildman–Crippen MR) is 97.7 cm³/mol. The Kier molecular flexibility index (Phi) is 5.35. The quantitative estimate of drug-likeness (QED) is 0.828. The number of hydrogen-bond donors (Lipinski definition) is 2. The summed E-state index contributed by atoms with van der Waals surface area (Å²) >= 11 is 0. The lowest BCUT2D eigenvalue weighted by atomic mass is 10.1. The van der Waals surface area contributed by atoms with E-state index >= 15 is 0 Å². The van der Waals surface area contributed by atoms with E-state index in [0.29, 0.717) is 30.2 Å². The number of piperidine rings is 1. The Hall–Kier alpha value is -3.41. The molecule has 3 rings (SSSR count). The van der Waals surface area contributed by atoms with Gasteiger partial charge in [0.05, 0.1) is 18.2 Å². The van der Waals surface area contributed by atoms with Gasteiger partial charge in [-0.25, -0.2) is 4.79 Å². The fraction of sp³-hybridized carbons (Fsp3) is 0.389. The number of benzene rings is 1. The topological polar surface area (TPSA) is 124 Å². The number of anilines is 1. The van der Waals surface area contributed by atoms with Gasteiger partial charge in [0.2, 0.25) is 5.95 Å². The van der Waals surface area contributed by atoms with E-state index in [1.807, 2.05) is 11.0 Å². The second kappa shape index (κ2) is 7.86. The van der Waals surface area contributed by atoms with E-state index in [9.17, 15) is 14.9 Å². The molecule has 0 bridgehead atoms. The summed E-state index contributed by atoms with van der Waals surface area (Å²) in [5, 5.41) is 28.9. The number of nitrogens with one attached hydrogen (secondary N) is 1. The van der Waals surface area contributed by atoms with Crippen molar-refractivity contribution >= 4 is 12.0 Å². The maximum atomic E-state index is 12.7. The number of hydrogen-bond acceptors (Lipinski definition) is 6. The molecule has 1 aliphatic rings. The third kappa shape index (κ3) is 4.06. The zero-order valence-electron chi connectivity index (χ0n) is 14.9. The first kappa shape index (κ1) is 18.4. The molecule has 1 aromatic carbocycles. The summed E-state index contributed by atoms with van der Waals surface area (Å²) in [6.07, 6.45) is 0.421. The van der Waals surface area contributed by atoms with Crippen molar-refractivity contribution in [1.29, 1.82) is 5.26 Å². The lowest BCUT2D eigenvalue weighted by Gasteiger charge is -2.34. The SMILES string of the molecule is Cc1nnc(N2CCCC(NC(=O)O)C2)n(Cc2ccccc2C#N)c1=O. The number of amides is 1. The Balaban J connectivity index is 1.97. The molecule has 9 heteroatoms. The number of nitriles is 1. The summed E-state index contributed by atoms with van der Waals surface area (Å²) < 4.78 is 1.50. The predicted octanol–water partition coefficient (Wildman–Crippen LogP) is 1.10. The molecule has 1 aliphatic heterocycles. The average molecular weight is 368 g/mol. The third-order valence-electron chi connectivity index (χ3n) is 4.58. The highest BCUT2D eigenvalue weighted by Crippen LogP contribution is 2.18. The minimum absolute atomic E-state index is 0.196. The maximum absolute atomic E-state index is 12.7. The molecule has 1 atom stereocenters. The first-order valence-corrected chi connectivity index (χ1v) is 8.66. The number of carboxylic acid groups (broad SMARTS) is 1. The van der Waals surface area contributed by atoms with Crippen molar-refractivity contribution in [2.45, 2.75) is 32.4 Å². The molecule has 0 radical (unpaired) electrons. The molecule has 1 aromatic heterocycles. The molecule has 1 amide bonds. The van der Waals surface area contributed by atoms with Crippen molar-refractivity contribution in [2.75, 3.05) is 18.0 Å². The highest BCUT2D eigenvalue weighted by atomic mass is 16.4. The average Bonchev–Trinajstić information content (AvgIpc) is 2.65. The summed E-state index contributed by atoms with van der Waals surface area (Å²) in [4.78, 5) is 25.5. The number of carbonyl (C=O) groups is 1. The van der Waals surface area contributed by atoms with Gasteiger partial charge in [0.15, 0.2) is 0 Å². The van der Waals surface area contributed by atoms with E-state index in [0.717, 1.165) is 12.8 Å². The van der Waals surface area contributed by atoms with Crippen molar-refractivity contribution in [3.63, 3.8) is 0 Å². The fourth-order valence-electron chi connectivity index (χ4n) is 3.27. The van der Waals surface area contributed by atoms with Crippen LogP contribution in [0.3, 0.4) is 0 Å². The number of aryl methyl sites for hydroxylation is 1. The lowest BCUT2D eigenvalue weighted by molar-refractivity contribution is 0.188. The zero-order valence-corrected chi connectivity index (χ0v) is 14.9. The van der Waals surface area contributed by atoms with Crippen LogP contribution < -0.4 is 15.8 Å². The van der Waals surface area contributed by atoms with Gasteiger partial charge in [0.25, 0.3) is 5.56 Å². The number of aromatic nitrogens is 3. The van der Waals surface area contributed by atoms with Crippen LogP contribution in [0.15, 0.2) is 29.1 Å². The van der Waals surface area contributed by atoms with E-state index in [-0.39, 0.29) is 23.8 Å². The molecule has 140 valence electrons. The van der Waals surface area contributed by atoms with Crippen LogP contribution in [0.2, 0.25) is 0 Å². The highest BCUT2D eigenvalue weighted by Gasteiger charge is 2.25. The molecule has 0 spiro atoms. The molecule has 1 unspecified atom stereocenters. The van der Waals surface area contributed by atoms with E-state index in [1.54, 1.807) is 25.1 Å². The molecule has 1 fully saturated rings. The molecule has 2 heterocycles. The largest absolute Gasteiger partial charge is 0.465 e. The van der Waals surface area contributed by atoms with Crippen LogP contribution in [0.5, 0.6) is 0 Å². The van der Waals surface area contributed by atoms with E-state index in [2.05, 4.69) is 21.6 Å². The molecule has 9 nitrogen and oxygen atoms in total. The van der Waals surface area contributed by atoms with Gasteiger partial charge in [0.1, 0.15) is 5.69 Å². The van der Waals surface area contributed by atoms with Crippen LogP contribution in [0, 0.1) is 18.3 Å². The normalized spacial score (nSPS) is 16.6. The Labute approximate surface area is 155 Å². The van der Waals surface area contributed by atoms with Gasteiger partial charge in [0, 0.05) is 19.1 Å². The second-order valence-corrected chi connectivity index (χ2v) is 6.48. The van der Waals surface area contributed by atoms with Gasteiger partial charge < -0.3 is 15.3 Å². The van der Waals surface area contributed by atoms with Crippen molar-refractivity contribution < 1.29 is 9.90 Å². The van der Waals surface area contributed by atoms with Crippen molar-refractivity contribution in [1.82, 2.24) is 20.1 Å². The number of rotatable bonds is 4. The minimum Gasteiger partial charge on any atom is -0.465 e. The van der Waals surface area contributed by atoms with Gasteiger partial charge in [-0.05, 0) is 31.4 Å². The highest BCUT2D eigenvalue weighted by molar-refractivity contribution is 5.65. The van der Waals surface area contributed by atoms with Crippen LogP contribution in [-0.4, -0.2) is 45.1 Å². The van der Waals surface area contributed by atoms with Crippen LogP contribution in [0.25, 0.3) is 0 Å². The molecule has 0 aliphatic carbocycles. The smallest absolute Gasteiger partial charge is 0.404 e. The van der Waals surface area contributed by atoms with Crippen molar-refractivity contribution in [2.24, 2.45) is 0 Å². The summed E-state index contributed by atoms with van der Waals surface area (Å²) in [5.74, 6) is 0.384. The van der Waals surface area contributed by atoms with E-state index in [4.69, 9.17) is 5.11 Å². The lowest BCUT2D eigenvalue weighted by Crippen LogP contribution is -2.49. The zero-order chi connectivity index (χ0) is 19.4. The second-order valence-electron chi connectivity index (χ2n) is 6.48. The molecular formula is C18H20N6O3. The Bertz CT molecular complexity index is 949. The van der Waals surface area contributed by atoms with Crippen molar-refractivity contribution in [3.8, 4) is 6.07 Å². The van der Waals surface area contributed by atoms with E-state index in [1.165, 1.54) is 4.57 Å². The molecule has 27 heavy (non-hydrogen) atoms. The van der Waals surface area contributed by atoms with E-state index < -0.39 is 6.09 Å². The van der Waals surface area contributed by atoms with Gasteiger partial charge in [-0.15, -0.1) is 10.2 Å². The Morgan fingerprint density at radius 3 is 2.93 bits per heavy atom. The summed E-state index contributed by atoms with van der Waals surface area (Å²) in [5.41, 5.74) is 1.20. The van der Waals surface area contributed by atoms with Gasteiger partial charge in [-0.2, -0.15) is 5.26 Å². The standard InChI is InChI=1S/C18H20N6O3/c1-12-16(25)24(10-14-6-3-2-5-13(14)9-19)17(22-21-12)23-8-4-7-15(11-23)20-18(26)27/h2-3,5-6,15,20H,4,7-8,10-11H2,1H3,(H,26,27). The first-order valence-electron chi connectivity index (χ1n) is 8.66. The Morgan fingerprint density at radius 1 is 1.41 bits per heavy atom. The number of nitrogens with zero attached hydrogens (tertiary/aromatic N) is 5. The van der Waals surface area contributed by atoms with Gasteiger partial charge in [-0.3, -0.25) is 9.36 Å². The molecule has 2 N–H and O–H groups in total. The molecule has 2 aromatic rings. The summed E-state index contributed by atoms with van der Waals surface area (Å²) in [7, 11) is 0.